The minimum atomic E-state index is -3.12. The topological polar surface area (TPSA) is 814 Å². The van der Waals surface area contributed by atoms with E-state index in [-0.39, 0.29) is 12.6 Å². The van der Waals surface area contributed by atoms with Gasteiger partial charge in [-0.1, -0.05) is 54.1 Å². The van der Waals surface area contributed by atoms with Crippen molar-refractivity contribution in [3.63, 3.8) is 0 Å². The van der Waals surface area contributed by atoms with Crippen LogP contribution in [0.3, 0.4) is 0 Å². The average Bonchev–Trinajstić information content (AvgIpc) is 0.762. The first-order valence-corrected chi connectivity index (χ1v) is 42.8. The molecule has 1 unspecified atom stereocenters. The zero-order chi connectivity index (χ0) is 108. The minimum Gasteiger partial charge on any atom is -0.504 e. The number of carbonyl (C=O) groups excluding carboxylic acids is 10. The Kier molecular flexibility index (Phi) is 32.0. The summed E-state index contributed by atoms with van der Waals surface area (Å²) in [5, 5.41) is 271. The number of esters is 10. The third-order valence-electron chi connectivity index (χ3n) is 21.8. The molecule has 2 heterocycles. The third kappa shape index (κ3) is 24.1. The Morgan fingerprint density at radius 3 is 0.845 bits per heavy atom. The van der Waals surface area contributed by atoms with E-state index in [1.165, 1.54) is 11.1 Å². The SMILES string of the molecule is O=C(OC[C@H]1O[C@@H](OC(=O)c2cc(O)c(O)c(OC(=O)c3cc(O)c(O)c(O)c3)c2)[C@H](OC(=O)c2cc(O)c(O)c(OC(=O)c3cc(O)c(O)c(O)c3)c2)[C@@H](OC(=O)c2cc(O)c(O)c(OC(=O)c3cc(O)c(O)c(O)c3)c2)[C@@H]1OC(=O)c1cc(O)c(O)c(OC(=O)c2cc(O)c(O)c(O)c2)c1)c1cc(O)c(O)c(OC(=O)c2cc(O)c(O)c(O)c2)c1.OCCOCCN1CCN(C(c2ccccc2)c2ccc(Cl)cc2)CC1. The Hall–Kier alpha value is -19.6. The van der Waals surface area contributed by atoms with Crippen molar-refractivity contribution in [1.29, 1.82) is 0 Å². The van der Waals surface area contributed by atoms with Crippen molar-refractivity contribution in [1.82, 2.24) is 9.80 Å². The number of carbonyl (C=O) groups is 10. The Bertz CT molecular complexity index is 7120. The number of aromatic hydroxyl groups is 25. The van der Waals surface area contributed by atoms with Crippen LogP contribution in [0.5, 0.6) is 172 Å². The van der Waals surface area contributed by atoms with Gasteiger partial charge in [0.25, 0.3) is 0 Å². The summed E-state index contributed by atoms with van der Waals surface area (Å²) in [4.78, 5) is 147. The summed E-state index contributed by atoms with van der Waals surface area (Å²) in [6.45, 7) is 4.49. The second-order valence-corrected chi connectivity index (χ2v) is 32.1. The molecule has 0 radical (unpaired) electrons. The molecule has 0 spiro atoms. The van der Waals surface area contributed by atoms with Gasteiger partial charge in [0.15, 0.2) is 156 Å². The number of benzene rings is 12. The summed E-state index contributed by atoms with van der Waals surface area (Å²) >= 11 is 6.09. The quantitative estimate of drug-likeness (QED) is 0.00696. The van der Waals surface area contributed by atoms with Gasteiger partial charge in [-0.15, -0.1) is 0 Å². The summed E-state index contributed by atoms with van der Waals surface area (Å²) in [6.07, 6.45) is -15.1. The Labute approximate surface area is 831 Å². The lowest BCUT2D eigenvalue weighted by atomic mass is 9.96. The molecule has 0 bridgehead atoms. The zero-order valence-electron chi connectivity index (χ0n) is 75.0. The van der Waals surface area contributed by atoms with E-state index < -0.39 is 325 Å². The van der Waals surface area contributed by atoms with Crippen molar-refractivity contribution in [2.24, 2.45) is 0 Å². The van der Waals surface area contributed by atoms with Gasteiger partial charge in [0.1, 0.15) is 12.7 Å². The third-order valence-corrected chi connectivity index (χ3v) is 22.0. The van der Waals surface area contributed by atoms with E-state index in [2.05, 4.69) is 52.3 Å². The normalized spacial score (nSPS) is 15.1. The summed E-state index contributed by atoms with van der Waals surface area (Å²) in [6, 6.07) is 27.7. The van der Waals surface area contributed by atoms with Gasteiger partial charge in [-0.25, -0.2) is 47.9 Å². The molecule has 0 aliphatic carbocycles. The Balaban J connectivity index is 0.000000606. The monoisotopic (exact) mass is 2070 g/mol. The van der Waals surface area contributed by atoms with Crippen molar-refractivity contribution in [3.8, 4) is 172 Å². The van der Waals surface area contributed by atoms with Gasteiger partial charge < -0.3 is 190 Å². The highest BCUT2D eigenvalue weighted by Gasteiger charge is 2.56. The summed E-state index contributed by atoms with van der Waals surface area (Å²) < 4.78 is 65.8. The van der Waals surface area contributed by atoms with Crippen LogP contribution in [0.2, 0.25) is 5.02 Å². The van der Waals surface area contributed by atoms with Gasteiger partial charge in [-0.2, -0.15) is 0 Å². The van der Waals surface area contributed by atoms with Crippen LogP contribution in [-0.4, -0.2) is 292 Å². The summed E-state index contributed by atoms with van der Waals surface area (Å²) in [7, 11) is 0. The number of piperazine rings is 1. The highest BCUT2D eigenvalue weighted by Crippen LogP contribution is 2.49. The van der Waals surface area contributed by atoms with E-state index in [0.717, 1.165) is 37.7 Å². The first-order valence-electron chi connectivity index (χ1n) is 42.4. The van der Waals surface area contributed by atoms with Crippen LogP contribution < -0.4 is 23.7 Å². The fourth-order valence-corrected chi connectivity index (χ4v) is 14.5. The number of rotatable bonds is 29. The van der Waals surface area contributed by atoms with Crippen LogP contribution in [0.15, 0.2) is 176 Å². The van der Waals surface area contributed by atoms with Crippen LogP contribution in [0.25, 0.3) is 0 Å². The van der Waals surface area contributed by atoms with Gasteiger partial charge in [-0.3, -0.25) is 9.80 Å². The molecule has 50 nitrogen and oxygen atoms in total. The van der Waals surface area contributed by atoms with Crippen molar-refractivity contribution >= 4 is 71.3 Å². The molecule has 2 fully saturated rings. The molecular formula is C97H79ClN2O48. The maximum atomic E-state index is 15.3. The van der Waals surface area contributed by atoms with Gasteiger partial charge in [-0.05, 0) is 145 Å². The maximum Gasteiger partial charge on any atom is 0.343 e. The van der Waals surface area contributed by atoms with Crippen LogP contribution in [0.1, 0.15) is 121 Å². The predicted molar refractivity (Wildman–Crippen MR) is 488 cm³/mol. The largest absolute Gasteiger partial charge is 0.504 e. The van der Waals surface area contributed by atoms with Crippen LogP contribution in [0.4, 0.5) is 0 Å². The molecule has 14 rings (SSSR count). The number of hydrogen-bond donors (Lipinski definition) is 26. The van der Waals surface area contributed by atoms with Gasteiger partial charge in [0, 0.05) is 37.7 Å². The van der Waals surface area contributed by atoms with E-state index in [4.69, 9.17) is 73.5 Å². The minimum absolute atomic E-state index is 0.0909. The molecule has 6 atom stereocenters. The zero-order valence-corrected chi connectivity index (χ0v) is 75.7. The molecule has 51 heteroatoms. The Morgan fingerprint density at radius 2 is 0.547 bits per heavy atom. The number of nitrogens with zero attached hydrogens (tertiary/aromatic N) is 2. The number of aliphatic hydroxyl groups is 1. The molecule has 12 aromatic carbocycles. The van der Waals surface area contributed by atoms with E-state index in [1.54, 1.807) is 0 Å². The lowest BCUT2D eigenvalue weighted by Crippen LogP contribution is -2.63. The maximum absolute atomic E-state index is 15.3. The molecule has 0 amide bonds. The predicted octanol–water partition coefficient (Wildman–Crippen LogP) is 7.89. The van der Waals surface area contributed by atoms with Crippen LogP contribution in [-0.2, 0) is 33.2 Å². The lowest BCUT2D eigenvalue weighted by molar-refractivity contribution is -0.282. The average molecular weight is 2080 g/mol. The molecular weight excluding hydrogens is 2000 g/mol. The van der Waals surface area contributed by atoms with Crippen LogP contribution >= 0.6 is 11.6 Å². The smallest absolute Gasteiger partial charge is 0.343 e. The van der Waals surface area contributed by atoms with E-state index in [9.17, 15) is 161 Å². The van der Waals surface area contributed by atoms with Crippen molar-refractivity contribution in [2.75, 3.05) is 59.2 Å². The number of hydrogen-bond acceptors (Lipinski definition) is 50. The van der Waals surface area contributed by atoms with E-state index in [1.807, 2.05) is 12.1 Å². The Morgan fingerprint density at radius 1 is 0.291 bits per heavy atom. The molecule has 148 heavy (non-hydrogen) atoms. The van der Waals surface area contributed by atoms with Gasteiger partial charge >= 0.3 is 59.7 Å². The molecule has 2 saturated heterocycles. The highest BCUT2D eigenvalue weighted by atomic mass is 35.5. The van der Waals surface area contributed by atoms with Gasteiger partial charge in [0.05, 0.1) is 81.5 Å². The van der Waals surface area contributed by atoms with Crippen molar-refractivity contribution < 1.29 is 238 Å². The first kappa shape index (κ1) is 106. The second kappa shape index (κ2) is 44.7. The van der Waals surface area contributed by atoms with Crippen molar-refractivity contribution in [2.45, 2.75) is 36.7 Å². The second-order valence-electron chi connectivity index (χ2n) is 31.7. The molecule has 2 aliphatic rings. The molecule has 0 saturated carbocycles. The highest BCUT2D eigenvalue weighted by molar-refractivity contribution is 6.30. The number of phenols is 25. The fraction of sp³-hybridized carbons (Fsp3) is 0.155. The number of phenolic OH excluding ortho intramolecular Hbond substituents is 25. The first-order chi connectivity index (χ1) is 70.1. The number of halogens is 1. The molecule has 772 valence electrons. The van der Waals surface area contributed by atoms with Gasteiger partial charge in [0.2, 0.25) is 41.1 Å². The number of ether oxygens (including phenoxy) is 12. The van der Waals surface area contributed by atoms with Crippen LogP contribution in [0, 0.1) is 0 Å². The molecule has 0 aromatic heterocycles. The lowest BCUT2D eigenvalue weighted by Gasteiger charge is -2.43. The molecule has 12 aromatic rings. The number of aliphatic hydroxyl groups excluding tert-OH is 1. The molecule has 26 N–H and O–H groups in total. The van der Waals surface area contributed by atoms with E-state index >= 15 is 14.4 Å². The van der Waals surface area contributed by atoms with Crippen molar-refractivity contribution in [3.05, 3.63) is 248 Å². The van der Waals surface area contributed by atoms with E-state index in [0.29, 0.717) is 135 Å². The fourth-order valence-electron chi connectivity index (χ4n) is 14.3. The molecule has 2 aliphatic heterocycles. The summed E-state index contributed by atoms with van der Waals surface area (Å²) in [5.74, 6) is -56.0. The standard InChI is InChI=1S/C76H52O46.C21H27ClN2O2/c77-32-1-22(2-33(78)53(32)92)67(103)113-47-16-27(11-42(87)58(47)97)66(102)112-21-52-63(119-72(108)28-12-43(88)59(98)48(17-28)114-68(104)23-3-34(79)54(93)35(80)4-23)64(120-73(109)29-13-44(89)60(99)49(18-29)115-69(105)24-5-36(81)55(94)37(82)6-24)65(121-74(110)30-14-45(90)61(100)50(19-30)116-70(106)25-7-38(83)56(95)39(84)8-25)76(118-52)122-75(111)31-15-46(91)62(101)51(20-31)117-71(107)26-9-40(85)57(96)41(86)10-26;22-20-8-6-19(7-9-20)21(18-4-2-1-3-5-18)24-12-10-23(11-13-24)14-16-26-17-15-25/h1-20,52,63-65,76-101H,21H2;1-9,21,25H,10-17H2/t52-,63-,64+,65-,76+;/m1./s1. The summed E-state index contributed by atoms with van der Waals surface area (Å²) in [5.41, 5.74) is -7.30.